The van der Waals surface area contributed by atoms with Crippen molar-refractivity contribution in [1.29, 1.82) is 0 Å². The molecule has 0 amide bonds. The predicted molar refractivity (Wildman–Crippen MR) is 117 cm³/mol. The number of benzene rings is 2. The van der Waals surface area contributed by atoms with Crippen LogP contribution in [-0.2, 0) is 0 Å². The standard InChI is InChI=1S/C24H23FN4O2/c1-14-27-23-20(25)10-16(12-22(23)31-14)15-2-5-19-21(11-15)26-13-29(24(19)30)18-6-8-28(9-7-18)17-3-4-17/h2,5,10-13,17-18H,3-4,6-9H2,1H3. The minimum atomic E-state index is -0.426. The van der Waals surface area contributed by atoms with E-state index >= 15 is 0 Å². The molecule has 158 valence electrons. The Morgan fingerprint density at radius 3 is 2.61 bits per heavy atom. The van der Waals surface area contributed by atoms with Gasteiger partial charge in [-0.25, -0.2) is 14.4 Å². The molecule has 0 bridgehead atoms. The maximum absolute atomic E-state index is 14.5. The maximum atomic E-state index is 14.5. The van der Waals surface area contributed by atoms with E-state index in [0.29, 0.717) is 27.9 Å². The van der Waals surface area contributed by atoms with Gasteiger partial charge < -0.3 is 9.32 Å². The zero-order valence-corrected chi connectivity index (χ0v) is 17.3. The third-order valence-electron chi connectivity index (χ3n) is 6.63. The van der Waals surface area contributed by atoms with Crippen molar-refractivity contribution in [2.75, 3.05) is 13.1 Å². The van der Waals surface area contributed by atoms with Crippen LogP contribution in [0.2, 0.25) is 0 Å². The van der Waals surface area contributed by atoms with Gasteiger partial charge in [-0.05, 0) is 61.1 Å². The molecule has 6 nitrogen and oxygen atoms in total. The second kappa shape index (κ2) is 6.99. The number of hydrogen-bond acceptors (Lipinski definition) is 5. The van der Waals surface area contributed by atoms with Crippen LogP contribution in [0.1, 0.15) is 37.6 Å². The lowest BCUT2D eigenvalue weighted by Gasteiger charge is -2.32. The average molecular weight is 418 g/mol. The van der Waals surface area contributed by atoms with Crippen LogP contribution in [0.25, 0.3) is 33.1 Å². The molecule has 2 fully saturated rings. The van der Waals surface area contributed by atoms with Gasteiger partial charge in [0.05, 0.1) is 17.2 Å². The zero-order chi connectivity index (χ0) is 21.1. The molecule has 0 N–H and O–H groups in total. The maximum Gasteiger partial charge on any atom is 0.261 e. The van der Waals surface area contributed by atoms with Gasteiger partial charge in [0.1, 0.15) is 5.52 Å². The quantitative estimate of drug-likeness (QED) is 0.492. The van der Waals surface area contributed by atoms with Gasteiger partial charge in [-0.1, -0.05) is 6.07 Å². The Morgan fingerprint density at radius 2 is 1.84 bits per heavy atom. The molecule has 6 rings (SSSR count). The Labute approximate surface area is 178 Å². The average Bonchev–Trinajstić information content (AvgIpc) is 3.55. The Balaban J connectivity index is 1.34. The van der Waals surface area contributed by atoms with Crippen LogP contribution in [-0.4, -0.2) is 38.6 Å². The van der Waals surface area contributed by atoms with Gasteiger partial charge >= 0.3 is 0 Å². The van der Waals surface area contributed by atoms with E-state index in [1.165, 1.54) is 18.9 Å². The first-order valence-corrected chi connectivity index (χ1v) is 10.9. The highest BCUT2D eigenvalue weighted by Crippen LogP contribution is 2.32. The normalized spacial score (nSPS) is 18.3. The number of piperidine rings is 1. The lowest BCUT2D eigenvalue weighted by atomic mass is 10.0. The highest BCUT2D eigenvalue weighted by molar-refractivity contribution is 5.86. The highest BCUT2D eigenvalue weighted by atomic mass is 19.1. The molecule has 31 heavy (non-hydrogen) atoms. The van der Waals surface area contributed by atoms with Crippen molar-refractivity contribution in [3.05, 3.63) is 58.7 Å². The molecule has 3 heterocycles. The highest BCUT2D eigenvalue weighted by Gasteiger charge is 2.32. The molecular weight excluding hydrogens is 395 g/mol. The van der Waals surface area contributed by atoms with Gasteiger partial charge in [-0.15, -0.1) is 0 Å². The van der Waals surface area contributed by atoms with E-state index in [4.69, 9.17) is 4.42 Å². The van der Waals surface area contributed by atoms with Crippen molar-refractivity contribution in [3.63, 3.8) is 0 Å². The summed E-state index contributed by atoms with van der Waals surface area (Å²) in [4.78, 5) is 24.4. The summed E-state index contributed by atoms with van der Waals surface area (Å²) >= 11 is 0. The molecule has 7 heteroatoms. The number of fused-ring (bicyclic) bond motifs is 2. The van der Waals surface area contributed by atoms with Crippen LogP contribution in [0.4, 0.5) is 4.39 Å². The fourth-order valence-electron chi connectivity index (χ4n) is 4.81. The van der Waals surface area contributed by atoms with Crippen LogP contribution in [0.15, 0.2) is 45.9 Å². The minimum Gasteiger partial charge on any atom is -0.441 e. The van der Waals surface area contributed by atoms with Crippen LogP contribution in [0.5, 0.6) is 0 Å². The fraction of sp³-hybridized carbons (Fsp3) is 0.375. The summed E-state index contributed by atoms with van der Waals surface area (Å²) in [6.07, 6.45) is 6.28. The molecule has 0 atom stereocenters. The van der Waals surface area contributed by atoms with E-state index < -0.39 is 5.82 Å². The van der Waals surface area contributed by atoms with E-state index in [1.54, 1.807) is 30.0 Å². The van der Waals surface area contributed by atoms with Crippen LogP contribution >= 0.6 is 0 Å². The van der Waals surface area contributed by atoms with Crippen molar-refractivity contribution < 1.29 is 8.81 Å². The largest absolute Gasteiger partial charge is 0.441 e. The first-order valence-electron chi connectivity index (χ1n) is 10.9. The summed E-state index contributed by atoms with van der Waals surface area (Å²) in [6.45, 7) is 3.79. The van der Waals surface area contributed by atoms with Gasteiger partial charge in [-0.2, -0.15) is 0 Å². The van der Waals surface area contributed by atoms with Gasteiger partial charge in [0.25, 0.3) is 5.56 Å². The third-order valence-corrected chi connectivity index (χ3v) is 6.63. The molecule has 0 radical (unpaired) electrons. The van der Waals surface area contributed by atoms with E-state index in [1.807, 2.05) is 12.1 Å². The fourth-order valence-corrected chi connectivity index (χ4v) is 4.81. The number of nitrogens with zero attached hydrogens (tertiary/aromatic N) is 4. The molecule has 2 aromatic heterocycles. The minimum absolute atomic E-state index is 0.00564. The summed E-state index contributed by atoms with van der Waals surface area (Å²) in [6, 6.07) is 9.66. The van der Waals surface area contributed by atoms with E-state index in [0.717, 1.165) is 37.5 Å². The molecule has 0 spiro atoms. The number of aromatic nitrogens is 3. The number of aryl methyl sites for hydroxylation is 1. The summed E-state index contributed by atoms with van der Waals surface area (Å²) in [5.41, 5.74) is 2.70. The molecule has 0 unspecified atom stereocenters. The molecule has 2 aromatic carbocycles. The Morgan fingerprint density at radius 1 is 1.03 bits per heavy atom. The second-order valence-corrected chi connectivity index (χ2v) is 8.72. The third kappa shape index (κ3) is 3.24. The lowest BCUT2D eigenvalue weighted by Crippen LogP contribution is -2.38. The lowest BCUT2D eigenvalue weighted by molar-refractivity contribution is 0.176. The van der Waals surface area contributed by atoms with Crippen molar-refractivity contribution in [2.24, 2.45) is 0 Å². The zero-order valence-electron chi connectivity index (χ0n) is 17.3. The number of likely N-dealkylation sites (tertiary alicyclic amines) is 1. The molecule has 1 aliphatic carbocycles. The number of oxazole rings is 1. The van der Waals surface area contributed by atoms with Crippen LogP contribution in [0.3, 0.4) is 0 Å². The predicted octanol–water partition coefficient (Wildman–Crippen LogP) is 4.45. The molecular formula is C24H23FN4O2. The summed E-state index contributed by atoms with van der Waals surface area (Å²) in [5, 5.41) is 0.591. The second-order valence-electron chi connectivity index (χ2n) is 8.72. The topological polar surface area (TPSA) is 64.2 Å². The summed E-state index contributed by atoms with van der Waals surface area (Å²) in [5.74, 6) is 0.0000992. The smallest absolute Gasteiger partial charge is 0.261 e. The Hall–Kier alpha value is -3.06. The Bertz CT molecular complexity index is 1360. The monoisotopic (exact) mass is 418 g/mol. The first kappa shape index (κ1) is 18.7. The Kier molecular flexibility index (Phi) is 4.21. The molecule has 1 aliphatic heterocycles. The van der Waals surface area contributed by atoms with Gasteiger partial charge in [0.2, 0.25) is 0 Å². The van der Waals surface area contributed by atoms with Crippen molar-refractivity contribution in [2.45, 2.75) is 44.7 Å². The van der Waals surface area contributed by atoms with Crippen LogP contribution < -0.4 is 5.56 Å². The summed E-state index contributed by atoms with van der Waals surface area (Å²) < 4.78 is 21.8. The summed E-state index contributed by atoms with van der Waals surface area (Å²) in [7, 11) is 0. The number of rotatable bonds is 3. The van der Waals surface area contributed by atoms with Gasteiger partial charge in [0, 0.05) is 32.1 Å². The van der Waals surface area contributed by atoms with Gasteiger partial charge in [-0.3, -0.25) is 9.36 Å². The van der Waals surface area contributed by atoms with Gasteiger partial charge in [0.15, 0.2) is 17.3 Å². The van der Waals surface area contributed by atoms with Crippen molar-refractivity contribution in [3.8, 4) is 11.1 Å². The van der Waals surface area contributed by atoms with E-state index in [9.17, 15) is 9.18 Å². The number of hydrogen-bond donors (Lipinski definition) is 0. The molecule has 2 aliphatic rings. The molecule has 1 saturated carbocycles. The van der Waals surface area contributed by atoms with Crippen molar-refractivity contribution in [1.82, 2.24) is 19.4 Å². The first-order chi connectivity index (χ1) is 15.1. The molecule has 4 aromatic rings. The SMILES string of the molecule is Cc1nc2c(F)cc(-c3ccc4c(=O)n(C5CCN(C6CC6)CC5)cnc4c3)cc2o1. The van der Waals surface area contributed by atoms with Crippen molar-refractivity contribution >= 4 is 22.0 Å². The van der Waals surface area contributed by atoms with E-state index in [-0.39, 0.29) is 17.1 Å². The van der Waals surface area contributed by atoms with E-state index in [2.05, 4.69) is 14.9 Å². The molecule has 1 saturated heterocycles. The number of halogens is 1. The van der Waals surface area contributed by atoms with Crippen LogP contribution in [0, 0.1) is 12.7 Å².